The summed E-state index contributed by atoms with van der Waals surface area (Å²) in [6, 6.07) is 4.07. The van der Waals surface area contributed by atoms with Crippen LogP contribution in [-0.4, -0.2) is 48.7 Å². The molecular formula is C15H22N4O. The number of aliphatic imine (C=N–C) groups is 1. The zero-order valence-corrected chi connectivity index (χ0v) is 11.8. The van der Waals surface area contributed by atoms with E-state index in [0.29, 0.717) is 12.5 Å². The molecule has 2 N–H and O–H groups in total. The molecule has 1 aromatic rings. The van der Waals surface area contributed by atoms with Crippen LogP contribution >= 0.6 is 0 Å². The number of pyridine rings is 1. The first kappa shape index (κ1) is 13.4. The molecule has 0 amide bonds. The number of hydrogen-bond donors (Lipinski definition) is 2. The minimum absolute atomic E-state index is 0.303. The number of aliphatic hydroxyl groups is 1. The van der Waals surface area contributed by atoms with Crippen LogP contribution in [0.15, 0.2) is 23.3 Å². The van der Waals surface area contributed by atoms with Gasteiger partial charge in [-0.3, -0.25) is 4.99 Å². The van der Waals surface area contributed by atoms with Gasteiger partial charge in [0.15, 0.2) is 0 Å². The van der Waals surface area contributed by atoms with Crippen LogP contribution in [-0.2, 0) is 0 Å². The van der Waals surface area contributed by atoms with Gasteiger partial charge in [-0.25, -0.2) is 4.98 Å². The minimum atomic E-state index is 0.303. The second kappa shape index (κ2) is 6.22. The Morgan fingerprint density at radius 1 is 1.35 bits per heavy atom. The second-order valence-corrected chi connectivity index (χ2v) is 5.50. The fourth-order valence-electron chi connectivity index (χ4n) is 2.87. The summed E-state index contributed by atoms with van der Waals surface area (Å²) in [6.07, 6.45) is 5.01. The third-order valence-electron chi connectivity index (χ3n) is 4.11. The SMILES string of the molecule is OCC1CCN(c2ncccc2C2=NCCCN2)CC1. The number of hydrogen-bond acceptors (Lipinski definition) is 5. The number of nitrogens with zero attached hydrogens (tertiary/aromatic N) is 3. The van der Waals surface area contributed by atoms with E-state index in [9.17, 15) is 5.11 Å². The molecule has 0 aromatic carbocycles. The van der Waals surface area contributed by atoms with E-state index in [1.54, 1.807) is 0 Å². The molecule has 0 bridgehead atoms. The predicted molar refractivity (Wildman–Crippen MR) is 80.3 cm³/mol. The summed E-state index contributed by atoms with van der Waals surface area (Å²) in [5.41, 5.74) is 1.11. The molecule has 0 radical (unpaired) electrons. The van der Waals surface area contributed by atoms with E-state index in [4.69, 9.17) is 0 Å². The van der Waals surface area contributed by atoms with Crippen LogP contribution in [0.5, 0.6) is 0 Å². The van der Waals surface area contributed by atoms with Gasteiger partial charge in [0, 0.05) is 39.0 Å². The lowest BCUT2D eigenvalue weighted by molar-refractivity contribution is 0.203. The Morgan fingerprint density at radius 3 is 2.90 bits per heavy atom. The Bertz CT molecular complexity index is 481. The number of aromatic nitrogens is 1. The van der Waals surface area contributed by atoms with Gasteiger partial charge in [-0.1, -0.05) is 0 Å². The van der Waals surface area contributed by atoms with Crippen molar-refractivity contribution in [3.8, 4) is 0 Å². The van der Waals surface area contributed by atoms with Gasteiger partial charge in [-0.2, -0.15) is 0 Å². The molecule has 108 valence electrons. The maximum absolute atomic E-state index is 9.24. The van der Waals surface area contributed by atoms with Crippen molar-refractivity contribution in [3.05, 3.63) is 23.9 Å². The predicted octanol–water partition coefficient (Wildman–Crippen LogP) is 1.03. The van der Waals surface area contributed by atoms with Crippen molar-refractivity contribution in [1.29, 1.82) is 0 Å². The van der Waals surface area contributed by atoms with E-state index in [2.05, 4.69) is 26.3 Å². The summed E-state index contributed by atoms with van der Waals surface area (Å²) in [5, 5.41) is 12.6. The monoisotopic (exact) mass is 274 g/mol. The standard InChI is InChI=1S/C15H22N4O/c20-11-12-4-9-19(10-5-12)15-13(3-1-6-18-15)14-16-7-2-8-17-14/h1,3,6,12,20H,2,4-5,7-11H2,(H,16,17). The van der Waals surface area contributed by atoms with Crippen molar-refractivity contribution in [2.75, 3.05) is 37.7 Å². The zero-order valence-electron chi connectivity index (χ0n) is 11.8. The normalized spacial score (nSPS) is 20.4. The largest absolute Gasteiger partial charge is 0.396 e. The fourth-order valence-corrected chi connectivity index (χ4v) is 2.87. The summed E-state index contributed by atoms with van der Waals surface area (Å²) in [5.74, 6) is 2.45. The van der Waals surface area contributed by atoms with Crippen LogP contribution in [0.2, 0.25) is 0 Å². The molecular weight excluding hydrogens is 252 g/mol. The highest BCUT2D eigenvalue weighted by Gasteiger charge is 2.23. The molecule has 0 spiro atoms. The molecule has 0 unspecified atom stereocenters. The van der Waals surface area contributed by atoms with Crippen molar-refractivity contribution >= 4 is 11.7 Å². The molecule has 1 saturated heterocycles. The minimum Gasteiger partial charge on any atom is -0.396 e. The van der Waals surface area contributed by atoms with E-state index in [1.807, 2.05) is 12.3 Å². The van der Waals surface area contributed by atoms with Crippen LogP contribution in [0.1, 0.15) is 24.8 Å². The van der Waals surface area contributed by atoms with Gasteiger partial charge in [0.2, 0.25) is 0 Å². The van der Waals surface area contributed by atoms with Gasteiger partial charge in [-0.15, -0.1) is 0 Å². The number of piperidine rings is 1. The molecule has 0 aliphatic carbocycles. The summed E-state index contributed by atoms with van der Waals surface area (Å²) in [7, 11) is 0. The molecule has 2 aliphatic heterocycles. The average Bonchev–Trinajstić information content (AvgIpc) is 2.56. The number of amidine groups is 1. The lowest BCUT2D eigenvalue weighted by Gasteiger charge is -2.33. The third-order valence-corrected chi connectivity index (χ3v) is 4.11. The fraction of sp³-hybridized carbons (Fsp3) is 0.600. The van der Waals surface area contributed by atoms with Gasteiger partial charge in [-0.05, 0) is 37.3 Å². The first-order chi connectivity index (χ1) is 9.88. The first-order valence-corrected chi connectivity index (χ1v) is 7.48. The molecule has 0 saturated carbocycles. The third kappa shape index (κ3) is 2.77. The van der Waals surface area contributed by atoms with Crippen LogP contribution < -0.4 is 10.2 Å². The lowest BCUT2D eigenvalue weighted by Crippen LogP contribution is -2.38. The van der Waals surface area contributed by atoms with Crippen LogP contribution in [0.3, 0.4) is 0 Å². The summed E-state index contributed by atoms with van der Waals surface area (Å²) < 4.78 is 0. The Balaban J connectivity index is 1.81. The quantitative estimate of drug-likeness (QED) is 0.864. The number of anilines is 1. The Kier molecular flexibility index (Phi) is 4.16. The Morgan fingerprint density at radius 2 is 2.20 bits per heavy atom. The van der Waals surface area contributed by atoms with Gasteiger partial charge in [0.05, 0.1) is 5.56 Å². The summed E-state index contributed by atoms with van der Waals surface area (Å²) in [6.45, 7) is 4.10. The molecule has 3 rings (SSSR count). The Labute approximate surface area is 119 Å². The van der Waals surface area contributed by atoms with Crippen molar-refractivity contribution in [2.45, 2.75) is 19.3 Å². The van der Waals surface area contributed by atoms with Crippen molar-refractivity contribution in [3.63, 3.8) is 0 Å². The smallest absolute Gasteiger partial charge is 0.139 e. The number of rotatable bonds is 3. The topological polar surface area (TPSA) is 60.8 Å². The highest BCUT2D eigenvalue weighted by molar-refractivity contribution is 6.03. The molecule has 1 fully saturated rings. The van der Waals surface area contributed by atoms with Gasteiger partial charge in [0.1, 0.15) is 11.7 Å². The van der Waals surface area contributed by atoms with Gasteiger partial charge >= 0.3 is 0 Å². The van der Waals surface area contributed by atoms with Crippen LogP contribution in [0, 0.1) is 5.92 Å². The highest BCUT2D eigenvalue weighted by Crippen LogP contribution is 2.24. The molecule has 0 atom stereocenters. The molecule has 3 heterocycles. The summed E-state index contributed by atoms with van der Waals surface area (Å²) in [4.78, 5) is 11.5. The van der Waals surface area contributed by atoms with Crippen molar-refractivity contribution < 1.29 is 5.11 Å². The van der Waals surface area contributed by atoms with E-state index < -0.39 is 0 Å². The van der Waals surface area contributed by atoms with Crippen molar-refractivity contribution in [1.82, 2.24) is 10.3 Å². The Hall–Kier alpha value is -1.62. The molecule has 2 aliphatic rings. The number of aliphatic hydroxyl groups excluding tert-OH is 1. The van der Waals surface area contributed by atoms with Gasteiger partial charge < -0.3 is 15.3 Å². The average molecular weight is 274 g/mol. The van der Waals surface area contributed by atoms with E-state index in [-0.39, 0.29) is 0 Å². The highest BCUT2D eigenvalue weighted by atomic mass is 16.3. The maximum Gasteiger partial charge on any atom is 0.139 e. The first-order valence-electron chi connectivity index (χ1n) is 7.48. The van der Waals surface area contributed by atoms with E-state index in [1.165, 1.54) is 0 Å². The molecule has 5 nitrogen and oxygen atoms in total. The van der Waals surface area contributed by atoms with Crippen molar-refractivity contribution in [2.24, 2.45) is 10.9 Å². The van der Waals surface area contributed by atoms with E-state index >= 15 is 0 Å². The van der Waals surface area contributed by atoms with E-state index in [0.717, 1.165) is 62.7 Å². The summed E-state index contributed by atoms with van der Waals surface area (Å²) >= 11 is 0. The molecule has 5 heteroatoms. The molecule has 1 aromatic heterocycles. The second-order valence-electron chi connectivity index (χ2n) is 5.50. The maximum atomic E-state index is 9.24. The lowest BCUT2D eigenvalue weighted by atomic mass is 9.97. The zero-order chi connectivity index (χ0) is 13.8. The van der Waals surface area contributed by atoms with Crippen LogP contribution in [0.4, 0.5) is 5.82 Å². The van der Waals surface area contributed by atoms with Gasteiger partial charge in [0.25, 0.3) is 0 Å². The number of nitrogens with one attached hydrogen (secondary N) is 1. The van der Waals surface area contributed by atoms with Crippen LogP contribution in [0.25, 0.3) is 0 Å². The molecule has 20 heavy (non-hydrogen) atoms.